The molecule has 0 bridgehead atoms. The van der Waals surface area contributed by atoms with Gasteiger partial charge in [0.2, 0.25) is 0 Å². The third-order valence-electron chi connectivity index (χ3n) is 1.92. The van der Waals surface area contributed by atoms with Gasteiger partial charge in [-0.05, 0) is 18.2 Å². The second kappa shape index (κ2) is 6.49. The smallest absolute Gasteiger partial charge is 0.335 e. The first-order chi connectivity index (χ1) is 8.13. The quantitative estimate of drug-likeness (QED) is 0.639. The standard InChI is InChI=1S/C11H14N2O4/c12-4-5-13-10(14)7-17-9-3-1-2-8(6-9)11(15)16/h1-3,6H,4-5,7,12H2,(H,13,14)(H,15,16). The van der Waals surface area contributed by atoms with Gasteiger partial charge in [0.15, 0.2) is 6.61 Å². The highest BCUT2D eigenvalue weighted by atomic mass is 16.5. The molecule has 6 nitrogen and oxygen atoms in total. The molecule has 0 aliphatic rings. The summed E-state index contributed by atoms with van der Waals surface area (Å²) in [6.45, 7) is 0.584. The Morgan fingerprint density at radius 1 is 1.41 bits per heavy atom. The lowest BCUT2D eigenvalue weighted by Crippen LogP contribution is -2.32. The number of aromatic carboxylic acids is 1. The summed E-state index contributed by atoms with van der Waals surface area (Å²) in [6.07, 6.45) is 0. The van der Waals surface area contributed by atoms with Gasteiger partial charge in [-0.25, -0.2) is 4.79 Å². The number of carbonyl (C=O) groups is 2. The van der Waals surface area contributed by atoms with Crippen molar-refractivity contribution in [3.63, 3.8) is 0 Å². The summed E-state index contributed by atoms with van der Waals surface area (Å²) in [5.74, 6) is -0.994. The summed E-state index contributed by atoms with van der Waals surface area (Å²) in [5.41, 5.74) is 5.33. The predicted molar refractivity (Wildman–Crippen MR) is 61.0 cm³/mol. The van der Waals surface area contributed by atoms with Crippen molar-refractivity contribution < 1.29 is 19.4 Å². The van der Waals surface area contributed by atoms with E-state index in [0.29, 0.717) is 18.8 Å². The first kappa shape index (κ1) is 13.0. The number of rotatable bonds is 6. The van der Waals surface area contributed by atoms with Gasteiger partial charge in [0, 0.05) is 13.1 Å². The molecule has 17 heavy (non-hydrogen) atoms. The molecule has 0 aliphatic heterocycles. The first-order valence-corrected chi connectivity index (χ1v) is 5.06. The maximum absolute atomic E-state index is 11.2. The van der Waals surface area contributed by atoms with E-state index in [4.69, 9.17) is 15.6 Å². The van der Waals surface area contributed by atoms with E-state index >= 15 is 0 Å². The predicted octanol–water partition coefficient (Wildman–Crippen LogP) is -0.161. The average molecular weight is 238 g/mol. The highest BCUT2D eigenvalue weighted by Gasteiger charge is 2.05. The van der Waals surface area contributed by atoms with E-state index in [1.54, 1.807) is 12.1 Å². The molecule has 0 aromatic heterocycles. The minimum Gasteiger partial charge on any atom is -0.484 e. The van der Waals surface area contributed by atoms with Crippen LogP contribution in [0, 0.1) is 0 Å². The zero-order chi connectivity index (χ0) is 12.7. The molecule has 1 amide bonds. The number of carbonyl (C=O) groups excluding carboxylic acids is 1. The second-order valence-corrected chi connectivity index (χ2v) is 3.26. The molecule has 0 aliphatic carbocycles. The number of nitrogens with two attached hydrogens (primary N) is 1. The van der Waals surface area contributed by atoms with Crippen molar-refractivity contribution in [1.82, 2.24) is 5.32 Å². The summed E-state index contributed by atoms with van der Waals surface area (Å²) < 4.78 is 5.14. The lowest BCUT2D eigenvalue weighted by Gasteiger charge is -2.07. The van der Waals surface area contributed by atoms with E-state index in [2.05, 4.69) is 5.32 Å². The number of nitrogens with one attached hydrogen (secondary N) is 1. The Kier molecular flexibility index (Phi) is 4.96. The van der Waals surface area contributed by atoms with Crippen LogP contribution in [0.5, 0.6) is 5.75 Å². The Morgan fingerprint density at radius 2 is 2.18 bits per heavy atom. The van der Waals surface area contributed by atoms with Gasteiger partial charge in [-0.2, -0.15) is 0 Å². The molecule has 0 fully saturated rings. The SMILES string of the molecule is NCCNC(=O)COc1cccc(C(=O)O)c1. The number of carboxylic acid groups (broad SMARTS) is 1. The normalized spacial score (nSPS) is 9.71. The number of carboxylic acids is 1. The van der Waals surface area contributed by atoms with Gasteiger partial charge in [0.25, 0.3) is 5.91 Å². The van der Waals surface area contributed by atoms with Crippen LogP contribution in [0.3, 0.4) is 0 Å². The van der Waals surface area contributed by atoms with Gasteiger partial charge >= 0.3 is 5.97 Å². The van der Waals surface area contributed by atoms with Crippen LogP contribution in [-0.2, 0) is 4.79 Å². The van der Waals surface area contributed by atoms with Gasteiger partial charge in [-0.1, -0.05) is 6.07 Å². The van der Waals surface area contributed by atoms with Gasteiger partial charge < -0.3 is 20.9 Å². The maximum atomic E-state index is 11.2. The van der Waals surface area contributed by atoms with E-state index in [0.717, 1.165) is 0 Å². The molecular formula is C11H14N2O4. The van der Waals surface area contributed by atoms with Crippen LogP contribution in [0.1, 0.15) is 10.4 Å². The zero-order valence-corrected chi connectivity index (χ0v) is 9.18. The molecule has 1 aromatic carbocycles. The minimum absolute atomic E-state index is 0.116. The number of amides is 1. The minimum atomic E-state index is -1.04. The number of hydrogen-bond acceptors (Lipinski definition) is 4. The summed E-state index contributed by atoms with van der Waals surface area (Å²) in [5, 5.41) is 11.3. The van der Waals surface area contributed by atoms with Gasteiger partial charge in [-0.15, -0.1) is 0 Å². The third-order valence-corrected chi connectivity index (χ3v) is 1.92. The summed E-state index contributed by atoms with van der Waals surface area (Å²) >= 11 is 0. The third kappa shape index (κ3) is 4.52. The van der Waals surface area contributed by atoms with Gasteiger partial charge in [0.1, 0.15) is 5.75 Å². The second-order valence-electron chi connectivity index (χ2n) is 3.26. The van der Waals surface area contributed by atoms with Crippen molar-refractivity contribution >= 4 is 11.9 Å². The lowest BCUT2D eigenvalue weighted by molar-refractivity contribution is -0.123. The molecule has 92 valence electrons. The summed E-state index contributed by atoms with van der Waals surface area (Å²) in [7, 11) is 0. The van der Waals surface area contributed by atoms with Crippen molar-refractivity contribution in [3.8, 4) is 5.75 Å². The summed E-state index contributed by atoms with van der Waals surface area (Å²) in [4.78, 5) is 21.9. The molecule has 0 atom stereocenters. The fourth-order valence-corrected chi connectivity index (χ4v) is 1.13. The molecule has 0 saturated heterocycles. The molecule has 0 saturated carbocycles. The van der Waals surface area contributed by atoms with Gasteiger partial charge in [-0.3, -0.25) is 4.79 Å². The maximum Gasteiger partial charge on any atom is 0.335 e. The fourth-order valence-electron chi connectivity index (χ4n) is 1.13. The lowest BCUT2D eigenvalue weighted by atomic mass is 10.2. The molecule has 0 heterocycles. The fraction of sp³-hybridized carbons (Fsp3) is 0.273. The van der Waals surface area contributed by atoms with Crippen molar-refractivity contribution in [2.45, 2.75) is 0 Å². The number of benzene rings is 1. The topological polar surface area (TPSA) is 102 Å². The molecule has 1 rings (SSSR count). The highest BCUT2D eigenvalue weighted by Crippen LogP contribution is 2.12. The van der Waals surface area contributed by atoms with Crippen molar-refractivity contribution in [3.05, 3.63) is 29.8 Å². The van der Waals surface area contributed by atoms with Crippen LogP contribution in [-0.4, -0.2) is 36.7 Å². The highest BCUT2D eigenvalue weighted by molar-refractivity contribution is 5.88. The number of ether oxygens (including phenoxy) is 1. The van der Waals surface area contributed by atoms with E-state index in [1.807, 2.05) is 0 Å². The molecular weight excluding hydrogens is 224 g/mol. The van der Waals surface area contributed by atoms with Crippen LogP contribution in [0.15, 0.2) is 24.3 Å². The zero-order valence-electron chi connectivity index (χ0n) is 9.18. The van der Waals surface area contributed by atoms with Crippen LogP contribution < -0.4 is 15.8 Å². The van der Waals surface area contributed by atoms with Crippen LogP contribution in [0.25, 0.3) is 0 Å². The van der Waals surface area contributed by atoms with Crippen LogP contribution in [0.2, 0.25) is 0 Å². The largest absolute Gasteiger partial charge is 0.484 e. The van der Waals surface area contributed by atoms with Crippen LogP contribution >= 0.6 is 0 Å². The molecule has 1 aromatic rings. The molecule has 0 spiro atoms. The van der Waals surface area contributed by atoms with Crippen molar-refractivity contribution in [2.75, 3.05) is 19.7 Å². The van der Waals surface area contributed by atoms with E-state index < -0.39 is 5.97 Å². The first-order valence-electron chi connectivity index (χ1n) is 5.06. The van der Waals surface area contributed by atoms with Crippen molar-refractivity contribution in [2.24, 2.45) is 5.73 Å². The Morgan fingerprint density at radius 3 is 2.82 bits per heavy atom. The van der Waals surface area contributed by atoms with Gasteiger partial charge in [0.05, 0.1) is 5.56 Å². The summed E-state index contributed by atoms with van der Waals surface area (Å²) in [6, 6.07) is 5.95. The van der Waals surface area contributed by atoms with E-state index in [1.165, 1.54) is 12.1 Å². The molecule has 0 radical (unpaired) electrons. The Hall–Kier alpha value is -2.08. The Bertz CT molecular complexity index is 406. The molecule has 4 N–H and O–H groups in total. The number of hydrogen-bond donors (Lipinski definition) is 3. The van der Waals surface area contributed by atoms with Crippen LogP contribution in [0.4, 0.5) is 0 Å². The average Bonchev–Trinajstić information content (AvgIpc) is 2.34. The molecule has 0 unspecified atom stereocenters. The van der Waals surface area contributed by atoms with E-state index in [-0.39, 0.29) is 18.1 Å². The molecule has 6 heteroatoms. The monoisotopic (exact) mass is 238 g/mol. The Balaban J connectivity index is 2.49. The van der Waals surface area contributed by atoms with Crippen molar-refractivity contribution in [1.29, 1.82) is 0 Å². The van der Waals surface area contributed by atoms with E-state index in [9.17, 15) is 9.59 Å². The Labute approximate surface area is 98.4 Å².